The summed E-state index contributed by atoms with van der Waals surface area (Å²) in [6, 6.07) is 16.2. The Balaban J connectivity index is 1.29. The Labute approximate surface area is 231 Å². The number of aryl methyl sites for hydroxylation is 2. The smallest absolute Gasteiger partial charge is 0.241 e. The molecule has 1 N–H and O–H groups in total. The average molecular weight is 563 g/mol. The van der Waals surface area contributed by atoms with Crippen molar-refractivity contribution in [3.63, 3.8) is 0 Å². The summed E-state index contributed by atoms with van der Waals surface area (Å²) >= 11 is 0. The van der Waals surface area contributed by atoms with Gasteiger partial charge in [-0.25, -0.2) is 26.9 Å². The molecule has 1 aromatic heterocycles. The molecule has 0 unspecified atom stereocenters. The van der Waals surface area contributed by atoms with Crippen LogP contribution in [0.1, 0.15) is 47.3 Å². The van der Waals surface area contributed by atoms with Crippen LogP contribution >= 0.6 is 0 Å². The molecule has 2 aliphatic carbocycles. The van der Waals surface area contributed by atoms with Crippen LogP contribution in [0.4, 0.5) is 14.5 Å². The maximum atomic E-state index is 13.9. The second-order valence-corrected chi connectivity index (χ2v) is 12.1. The van der Waals surface area contributed by atoms with Crippen LogP contribution in [0.5, 0.6) is 0 Å². The number of hydrogen-bond acceptors (Lipinski definition) is 4. The Hall–Kier alpha value is -3.89. The lowest BCUT2D eigenvalue weighted by Gasteiger charge is -2.25. The third-order valence-electron chi connectivity index (χ3n) is 7.83. The van der Waals surface area contributed by atoms with Crippen LogP contribution in [0.2, 0.25) is 0 Å². The second kappa shape index (κ2) is 10.3. The molecule has 0 bridgehead atoms. The van der Waals surface area contributed by atoms with Gasteiger partial charge in [-0.1, -0.05) is 18.2 Å². The molecule has 1 amide bonds. The number of sulfonamides is 1. The molecule has 2 aliphatic rings. The minimum Gasteiger partial charge on any atom is -0.337 e. The molecular weight excluding hydrogens is 534 g/mol. The Morgan fingerprint density at radius 2 is 1.75 bits per heavy atom. The number of rotatable bonds is 8. The van der Waals surface area contributed by atoms with Crippen molar-refractivity contribution in [3.8, 4) is 0 Å². The molecule has 3 atom stereocenters. The molecule has 0 spiro atoms. The zero-order valence-electron chi connectivity index (χ0n) is 21.8. The number of benzene rings is 3. The van der Waals surface area contributed by atoms with E-state index in [1.807, 2.05) is 36.0 Å². The summed E-state index contributed by atoms with van der Waals surface area (Å²) in [5.74, 6) is -0.399. The lowest BCUT2D eigenvalue weighted by molar-refractivity contribution is -0.120. The SMILES string of the molecule is Cn1ccnc1CN(C(=O)[C@@H]1C[C@@H]1c1ccc(F)cc1)c1ccc2c(c1)[C@H](NS(=O)(=O)c1ccc(F)cc1)CC2. The van der Waals surface area contributed by atoms with E-state index in [1.54, 1.807) is 23.2 Å². The molecule has 0 radical (unpaired) electrons. The molecule has 7 nitrogen and oxygen atoms in total. The predicted molar refractivity (Wildman–Crippen MR) is 146 cm³/mol. The number of anilines is 1. The van der Waals surface area contributed by atoms with E-state index in [1.165, 1.54) is 24.3 Å². The Kier molecular flexibility index (Phi) is 6.75. The fraction of sp³-hybridized carbons (Fsp3) is 0.267. The Morgan fingerprint density at radius 1 is 1.05 bits per heavy atom. The molecule has 40 heavy (non-hydrogen) atoms. The molecule has 4 aromatic rings. The monoisotopic (exact) mass is 562 g/mol. The molecule has 0 saturated heterocycles. The van der Waals surface area contributed by atoms with Gasteiger partial charge in [-0.05, 0) is 90.4 Å². The van der Waals surface area contributed by atoms with Crippen LogP contribution in [0.3, 0.4) is 0 Å². The topological polar surface area (TPSA) is 84.3 Å². The number of imidazole rings is 1. The van der Waals surface area contributed by atoms with Crippen molar-refractivity contribution < 1.29 is 22.0 Å². The van der Waals surface area contributed by atoms with Gasteiger partial charge in [0.05, 0.1) is 11.4 Å². The van der Waals surface area contributed by atoms with Crippen molar-refractivity contribution >= 4 is 21.6 Å². The highest BCUT2D eigenvalue weighted by Gasteiger charge is 2.46. The Morgan fingerprint density at radius 3 is 2.42 bits per heavy atom. The molecule has 0 aliphatic heterocycles. The molecule has 206 valence electrons. The van der Waals surface area contributed by atoms with E-state index in [-0.39, 0.29) is 35.0 Å². The third kappa shape index (κ3) is 5.16. The number of hydrogen-bond donors (Lipinski definition) is 1. The van der Waals surface area contributed by atoms with Gasteiger partial charge in [0, 0.05) is 37.1 Å². The largest absolute Gasteiger partial charge is 0.337 e. The zero-order chi connectivity index (χ0) is 28.0. The van der Waals surface area contributed by atoms with Crippen LogP contribution in [-0.2, 0) is 34.8 Å². The first-order chi connectivity index (χ1) is 19.2. The predicted octanol–water partition coefficient (Wildman–Crippen LogP) is 5.00. The van der Waals surface area contributed by atoms with E-state index in [0.29, 0.717) is 30.8 Å². The first-order valence-corrected chi connectivity index (χ1v) is 14.6. The summed E-state index contributed by atoms with van der Waals surface area (Å²) in [4.78, 5) is 20.0. The van der Waals surface area contributed by atoms with E-state index < -0.39 is 21.9 Å². The molecule has 1 heterocycles. The van der Waals surface area contributed by atoms with Gasteiger partial charge in [0.25, 0.3) is 0 Å². The van der Waals surface area contributed by atoms with Gasteiger partial charge in [-0.15, -0.1) is 0 Å². The van der Waals surface area contributed by atoms with Gasteiger partial charge in [-0.3, -0.25) is 4.79 Å². The van der Waals surface area contributed by atoms with E-state index in [4.69, 9.17) is 0 Å². The molecule has 1 saturated carbocycles. The van der Waals surface area contributed by atoms with Crippen molar-refractivity contribution in [2.24, 2.45) is 13.0 Å². The number of carbonyl (C=O) groups excluding carboxylic acids is 1. The maximum absolute atomic E-state index is 13.9. The summed E-state index contributed by atoms with van der Waals surface area (Å²) < 4.78 is 57.5. The van der Waals surface area contributed by atoms with Gasteiger partial charge >= 0.3 is 0 Å². The summed E-state index contributed by atoms with van der Waals surface area (Å²) in [6.07, 6.45) is 5.43. The summed E-state index contributed by atoms with van der Waals surface area (Å²) in [5.41, 5.74) is 3.41. The summed E-state index contributed by atoms with van der Waals surface area (Å²) in [6.45, 7) is 0.250. The first kappa shape index (κ1) is 26.3. The standard InChI is InChI=1S/C30H28F2N4O3S/c1-35-15-14-33-29(35)18-36(30(37)27-17-25(27)19-2-6-21(31)7-3-19)23-10-4-20-5-13-28(26(20)16-23)34-40(38,39)24-11-8-22(32)9-12-24/h2-4,6-12,14-16,25,27-28,34H,5,13,17-18H2,1H3/t25-,27-,28-/m1/s1. The first-order valence-electron chi connectivity index (χ1n) is 13.1. The van der Waals surface area contributed by atoms with E-state index in [9.17, 15) is 22.0 Å². The molecule has 3 aromatic carbocycles. The van der Waals surface area contributed by atoms with Crippen molar-refractivity contribution in [3.05, 3.63) is 113 Å². The van der Waals surface area contributed by atoms with Crippen molar-refractivity contribution in [2.75, 3.05) is 4.90 Å². The lowest BCUT2D eigenvalue weighted by atomic mass is 10.1. The van der Waals surface area contributed by atoms with Crippen LogP contribution in [0, 0.1) is 17.6 Å². The van der Waals surface area contributed by atoms with Gasteiger partial charge < -0.3 is 9.47 Å². The fourth-order valence-electron chi connectivity index (χ4n) is 5.48. The molecule has 6 rings (SSSR count). The number of halogens is 2. The highest BCUT2D eigenvalue weighted by Crippen LogP contribution is 2.49. The lowest BCUT2D eigenvalue weighted by Crippen LogP contribution is -2.33. The number of aromatic nitrogens is 2. The van der Waals surface area contributed by atoms with Crippen molar-refractivity contribution in [2.45, 2.75) is 42.7 Å². The highest BCUT2D eigenvalue weighted by atomic mass is 32.2. The summed E-state index contributed by atoms with van der Waals surface area (Å²) in [7, 11) is -2.01. The van der Waals surface area contributed by atoms with Gasteiger partial charge in [0.15, 0.2) is 0 Å². The quantitative estimate of drug-likeness (QED) is 0.328. The fourth-order valence-corrected chi connectivity index (χ4v) is 6.73. The minimum absolute atomic E-state index is 0.00865. The van der Waals surface area contributed by atoms with Crippen molar-refractivity contribution in [1.29, 1.82) is 0 Å². The van der Waals surface area contributed by atoms with Crippen LogP contribution in [0.15, 0.2) is 84.0 Å². The second-order valence-electron chi connectivity index (χ2n) is 10.4. The van der Waals surface area contributed by atoms with Crippen LogP contribution in [0.25, 0.3) is 0 Å². The zero-order valence-corrected chi connectivity index (χ0v) is 22.6. The highest BCUT2D eigenvalue weighted by molar-refractivity contribution is 7.89. The van der Waals surface area contributed by atoms with Crippen molar-refractivity contribution in [1.82, 2.24) is 14.3 Å². The van der Waals surface area contributed by atoms with Gasteiger partial charge in [0.1, 0.15) is 17.5 Å². The van der Waals surface area contributed by atoms with E-state index in [0.717, 1.165) is 28.8 Å². The number of nitrogens with zero attached hydrogens (tertiary/aromatic N) is 3. The molecule has 10 heteroatoms. The van der Waals surface area contributed by atoms with Crippen LogP contribution in [-0.4, -0.2) is 23.9 Å². The van der Waals surface area contributed by atoms with Crippen LogP contribution < -0.4 is 9.62 Å². The van der Waals surface area contributed by atoms with Gasteiger partial charge in [0.2, 0.25) is 15.9 Å². The maximum Gasteiger partial charge on any atom is 0.241 e. The molecule has 1 fully saturated rings. The summed E-state index contributed by atoms with van der Waals surface area (Å²) in [5, 5.41) is 0. The number of fused-ring (bicyclic) bond motifs is 1. The average Bonchev–Trinajstić information content (AvgIpc) is 3.50. The minimum atomic E-state index is -3.88. The Bertz CT molecular complexity index is 1670. The molecular formula is C30H28F2N4O3S. The third-order valence-corrected chi connectivity index (χ3v) is 9.32. The van der Waals surface area contributed by atoms with E-state index in [2.05, 4.69) is 9.71 Å². The van der Waals surface area contributed by atoms with E-state index >= 15 is 0 Å². The number of amides is 1. The number of carbonyl (C=O) groups is 1. The number of nitrogens with one attached hydrogen (secondary N) is 1. The van der Waals surface area contributed by atoms with Gasteiger partial charge in [-0.2, -0.15) is 0 Å². The normalized spacial score (nSPS) is 19.8.